The molecule has 4 heteroatoms. The van der Waals surface area contributed by atoms with Gasteiger partial charge in [-0.3, -0.25) is 0 Å². The van der Waals surface area contributed by atoms with E-state index in [1.165, 1.54) is 0 Å². The van der Waals surface area contributed by atoms with Crippen molar-refractivity contribution in [3.8, 4) is 0 Å². The number of nitrogens with two attached hydrogens (primary N) is 1. The highest BCUT2D eigenvalue weighted by Crippen LogP contribution is 2.20. The van der Waals surface area contributed by atoms with Crippen molar-refractivity contribution < 1.29 is 4.52 Å². The van der Waals surface area contributed by atoms with Crippen LogP contribution < -0.4 is 11.1 Å². The summed E-state index contributed by atoms with van der Waals surface area (Å²) in [6.45, 7) is 4.50. The molecular formula is C12H15N3O. The first-order valence-electron chi connectivity index (χ1n) is 5.17. The monoisotopic (exact) mass is 217 g/mol. The molecule has 16 heavy (non-hydrogen) atoms. The summed E-state index contributed by atoms with van der Waals surface area (Å²) in [5.74, 6) is 0.803. The highest BCUT2D eigenvalue weighted by molar-refractivity contribution is 5.66. The van der Waals surface area contributed by atoms with E-state index in [0.717, 1.165) is 28.4 Å². The number of aryl methyl sites for hydroxylation is 2. The molecule has 0 aliphatic rings. The molecule has 1 aromatic carbocycles. The van der Waals surface area contributed by atoms with Crippen LogP contribution in [0.5, 0.6) is 0 Å². The van der Waals surface area contributed by atoms with E-state index in [9.17, 15) is 0 Å². The van der Waals surface area contributed by atoms with Gasteiger partial charge in [0.05, 0.1) is 23.6 Å². The maximum absolute atomic E-state index is 5.88. The molecule has 0 aliphatic carbocycles. The fraction of sp³-hybridized carbons (Fsp3) is 0.250. The Hall–Kier alpha value is -1.97. The minimum atomic E-state index is 0.591. The SMILES string of the molecule is Cc1ccc(NCc2cc(C)no2)c(N)c1. The van der Waals surface area contributed by atoms with Gasteiger partial charge in [-0.2, -0.15) is 0 Å². The van der Waals surface area contributed by atoms with Crippen molar-refractivity contribution in [3.63, 3.8) is 0 Å². The molecule has 0 saturated heterocycles. The van der Waals surface area contributed by atoms with Crippen LogP contribution in [0.4, 0.5) is 11.4 Å². The van der Waals surface area contributed by atoms with Crippen molar-refractivity contribution in [3.05, 3.63) is 41.3 Å². The van der Waals surface area contributed by atoms with Gasteiger partial charge in [0.15, 0.2) is 5.76 Å². The second-order valence-corrected chi connectivity index (χ2v) is 3.88. The van der Waals surface area contributed by atoms with Crippen molar-refractivity contribution in [1.29, 1.82) is 0 Å². The van der Waals surface area contributed by atoms with E-state index >= 15 is 0 Å². The molecule has 1 heterocycles. The summed E-state index contributed by atoms with van der Waals surface area (Å²) in [4.78, 5) is 0. The number of anilines is 2. The highest BCUT2D eigenvalue weighted by Gasteiger charge is 2.02. The van der Waals surface area contributed by atoms with Gasteiger partial charge in [-0.25, -0.2) is 0 Å². The largest absolute Gasteiger partial charge is 0.397 e. The van der Waals surface area contributed by atoms with Gasteiger partial charge in [0.2, 0.25) is 0 Å². The smallest absolute Gasteiger partial charge is 0.156 e. The second kappa shape index (κ2) is 4.26. The first-order valence-corrected chi connectivity index (χ1v) is 5.17. The molecule has 3 N–H and O–H groups in total. The van der Waals surface area contributed by atoms with Crippen LogP contribution in [0.25, 0.3) is 0 Å². The Labute approximate surface area is 94.4 Å². The number of hydrogen-bond acceptors (Lipinski definition) is 4. The Morgan fingerprint density at radius 2 is 2.12 bits per heavy atom. The number of nitrogens with one attached hydrogen (secondary N) is 1. The lowest BCUT2D eigenvalue weighted by Gasteiger charge is -2.07. The van der Waals surface area contributed by atoms with Crippen LogP contribution in [0.15, 0.2) is 28.8 Å². The molecule has 0 atom stereocenters. The molecule has 0 spiro atoms. The second-order valence-electron chi connectivity index (χ2n) is 3.88. The predicted octanol–water partition coefficient (Wildman–Crippen LogP) is 2.49. The lowest BCUT2D eigenvalue weighted by molar-refractivity contribution is 0.384. The normalized spacial score (nSPS) is 10.4. The quantitative estimate of drug-likeness (QED) is 0.775. The summed E-state index contributed by atoms with van der Waals surface area (Å²) in [5.41, 5.74) is 9.58. The lowest BCUT2D eigenvalue weighted by atomic mass is 10.2. The number of benzene rings is 1. The summed E-state index contributed by atoms with van der Waals surface area (Å²) in [6.07, 6.45) is 0. The fourth-order valence-corrected chi connectivity index (χ4v) is 1.53. The standard InChI is InChI=1S/C12H15N3O/c1-8-3-4-12(11(13)5-8)14-7-10-6-9(2)15-16-10/h3-6,14H,7,13H2,1-2H3. The van der Waals surface area contributed by atoms with Crippen molar-refractivity contribution in [2.45, 2.75) is 20.4 Å². The van der Waals surface area contributed by atoms with Gasteiger partial charge in [0.1, 0.15) is 0 Å². The van der Waals surface area contributed by atoms with Crippen LogP contribution in [-0.4, -0.2) is 5.16 Å². The molecule has 0 aliphatic heterocycles. The first-order chi connectivity index (χ1) is 7.65. The zero-order valence-corrected chi connectivity index (χ0v) is 9.45. The van der Waals surface area contributed by atoms with Crippen LogP contribution in [0.2, 0.25) is 0 Å². The van der Waals surface area contributed by atoms with Crippen molar-refractivity contribution >= 4 is 11.4 Å². The van der Waals surface area contributed by atoms with Gasteiger partial charge in [0.25, 0.3) is 0 Å². The van der Waals surface area contributed by atoms with Gasteiger partial charge < -0.3 is 15.6 Å². The summed E-state index contributed by atoms with van der Waals surface area (Å²) in [5, 5.41) is 7.03. The van der Waals surface area contributed by atoms with E-state index in [-0.39, 0.29) is 0 Å². The maximum atomic E-state index is 5.88. The molecule has 84 valence electrons. The van der Waals surface area contributed by atoms with E-state index in [1.54, 1.807) is 0 Å². The van der Waals surface area contributed by atoms with Crippen molar-refractivity contribution in [1.82, 2.24) is 5.16 Å². The summed E-state index contributed by atoms with van der Waals surface area (Å²) < 4.78 is 5.10. The van der Waals surface area contributed by atoms with E-state index < -0.39 is 0 Å². The Morgan fingerprint density at radius 3 is 2.75 bits per heavy atom. The van der Waals surface area contributed by atoms with E-state index in [2.05, 4.69) is 10.5 Å². The predicted molar refractivity (Wildman–Crippen MR) is 64.2 cm³/mol. The molecule has 0 radical (unpaired) electrons. The molecule has 4 nitrogen and oxygen atoms in total. The Morgan fingerprint density at radius 1 is 1.31 bits per heavy atom. The summed E-state index contributed by atoms with van der Waals surface area (Å²) in [7, 11) is 0. The number of hydrogen-bond donors (Lipinski definition) is 2. The molecule has 2 aromatic rings. The molecule has 2 rings (SSSR count). The first kappa shape index (κ1) is 10.5. The number of aromatic nitrogens is 1. The van der Waals surface area contributed by atoms with Crippen LogP contribution in [0.1, 0.15) is 17.0 Å². The third-order valence-electron chi connectivity index (χ3n) is 2.34. The van der Waals surface area contributed by atoms with Crippen molar-refractivity contribution in [2.24, 2.45) is 0 Å². The summed E-state index contributed by atoms with van der Waals surface area (Å²) >= 11 is 0. The van der Waals surface area contributed by atoms with Crippen LogP contribution in [-0.2, 0) is 6.54 Å². The van der Waals surface area contributed by atoms with Gasteiger partial charge in [0, 0.05) is 6.07 Å². The van der Waals surface area contributed by atoms with Gasteiger partial charge >= 0.3 is 0 Å². The van der Waals surface area contributed by atoms with Crippen LogP contribution >= 0.6 is 0 Å². The zero-order valence-electron chi connectivity index (χ0n) is 9.45. The average Bonchev–Trinajstić information content (AvgIpc) is 2.63. The molecule has 1 aromatic heterocycles. The van der Waals surface area contributed by atoms with Gasteiger partial charge in [-0.15, -0.1) is 0 Å². The third kappa shape index (κ3) is 2.34. The topological polar surface area (TPSA) is 64.1 Å². The average molecular weight is 217 g/mol. The fourth-order valence-electron chi connectivity index (χ4n) is 1.53. The molecule has 0 bridgehead atoms. The Kier molecular flexibility index (Phi) is 2.81. The minimum Gasteiger partial charge on any atom is -0.397 e. The highest BCUT2D eigenvalue weighted by atomic mass is 16.5. The molecule has 0 fully saturated rings. The number of rotatable bonds is 3. The van der Waals surface area contributed by atoms with Crippen LogP contribution in [0.3, 0.4) is 0 Å². The Balaban J connectivity index is 2.04. The minimum absolute atomic E-state index is 0.591. The third-order valence-corrected chi connectivity index (χ3v) is 2.34. The molecule has 0 unspecified atom stereocenters. The summed E-state index contributed by atoms with van der Waals surface area (Å²) in [6, 6.07) is 7.82. The number of nitrogen functional groups attached to an aromatic ring is 1. The Bertz CT molecular complexity index is 491. The van der Waals surface area contributed by atoms with E-state index in [1.807, 2.05) is 38.1 Å². The molecular weight excluding hydrogens is 202 g/mol. The number of nitrogens with zero attached hydrogens (tertiary/aromatic N) is 1. The zero-order chi connectivity index (χ0) is 11.5. The van der Waals surface area contributed by atoms with Gasteiger partial charge in [-0.1, -0.05) is 11.2 Å². The van der Waals surface area contributed by atoms with Crippen LogP contribution in [0, 0.1) is 13.8 Å². The van der Waals surface area contributed by atoms with E-state index in [4.69, 9.17) is 10.3 Å². The molecule has 0 amide bonds. The van der Waals surface area contributed by atoms with E-state index in [0.29, 0.717) is 6.54 Å². The molecule has 0 saturated carbocycles. The van der Waals surface area contributed by atoms with Gasteiger partial charge in [-0.05, 0) is 31.5 Å². The van der Waals surface area contributed by atoms with Crippen molar-refractivity contribution in [2.75, 3.05) is 11.1 Å². The maximum Gasteiger partial charge on any atom is 0.156 e. The lowest BCUT2D eigenvalue weighted by Crippen LogP contribution is -2.01.